The van der Waals surface area contributed by atoms with E-state index in [9.17, 15) is 4.79 Å². The summed E-state index contributed by atoms with van der Waals surface area (Å²) in [5.41, 5.74) is 1.27. The molecule has 2 fully saturated rings. The Hall–Kier alpha value is -0.830. The Morgan fingerprint density at radius 3 is 2.25 bits per heavy atom. The highest BCUT2D eigenvalue weighted by Crippen LogP contribution is 2.26. The highest BCUT2D eigenvalue weighted by Gasteiger charge is 2.28. The minimum Gasteiger partial charge on any atom is -0.372 e. The van der Waals surface area contributed by atoms with E-state index in [4.69, 9.17) is 0 Å². The summed E-state index contributed by atoms with van der Waals surface area (Å²) in [6.45, 7) is 4.62. The smallest absolute Gasteiger partial charge is 0.163 e. The van der Waals surface area contributed by atoms with Crippen molar-refractivity contribution in [2.45, 2.75) is 38.1 Å². The molecule has 0 bridgehead atoms. The average molecular weight is 220 g/mol. The number of hydrogen-bond donors (Lipinski definition) is 0. The van der Waals surface area contributed by atoms with Crippen molar-refractivity contribution in [2.24, 2.45) is 0 Å². The first-order valence-electron chi connectivity index (χ1n) is 6.55. The molecule has 3 nitrogen and oxygen atoms in total. The van der Waals surface area contributed by atoms with Crippen LogP contribution in [0.2, 0.25) is 0 Å². The molecule has 88 valence electrons. The van der Waals surface area contributed by atoms with Gasteiger partial charge < -0.3 is 4.90 Å². The average Bonchev–Trinajstić information content (AvgIpc) is 2.79. The zero-order chi connectivity index (χ0) is 11.0. The Morgan fingerprint density at radius 1 is 1.06 bits per heavy atom. The monoisotopic (exact) mass is 220 g/mol. The summed E-state index contributed by atoms with van der Waals surface area (Å²) >= 11 is 0. The maximum atomic E-state index is 10.9. The first-order chi connectivity index (χ1) is 7.83. The van der Waals surface area contributed by atoms with Crippen molar-refractivity contribution in [3.05, 3.63) is 11.8 Å². The van der Waals surface area contributed by atoms with Crippen LogP contribution in [-0.4, -0.2) is 47.8 Å². The number of nitrogens with zero attached hydrogens (tertiary/aromatic N) is 2. The van der Waals surface area contributed by atoms with Gasteiger partial charge in [0.05, 0.1) is 6.42 Å². The van der Waals surface area contributed by atoms with Crippen LogP contribution in [0.15, 0.2) is 11.8 Å². The molecule has 1 aliphatic heterocycles. The Labute approximate surface area is 97.1 Å². The van der Waals surface area contributed by atoms with Crippen LogP contribution in [0.25, 0.3) is 0 Å². The molecule has 3 heteroatoms. The molecule has 2 aliphatic carbocycles. The van der Waals surface area contributed by atoms with Gasteiger partial charge in [0.25, 0.3) is 0 Å². The Morgan fingerprint density at radius 2 is 1.69 bits per heavy atom. The summed E-state index contributed by atoms with van der Waals surface area (Å²) in [6, 6.07) is 0.860. The second kappa shape index (κ2) is 4.21. The van der Waals surface area contributed by atoms with Crippen LogP contribution in [0.1, 0.15) is 32.1 Å². The van der Waals surface area contributed by atoms with Gasteiger partial charge in [0, 0.05) is 44.0 Å². The van der Waals surface area contributed by atoms with Crippen LogP contribution in [0.5, 0.6) is 0 Å². The van der Waals surface area contributed by atoms with Crippen molar-refractivity contribution < 1.29 is 4.79 Å². The van der Waals surface area contributed by atoms with Crippen LogP contribution in [0.3, 0.4) is 0 Å². The van der Waals surface area contributed by atoms with Crippen molar-refractivity contribution in [3.63, 3.8) is 0 Å². The van der Waals surface area contributed by atoms with Gasteiger partial charge in [-0.15, -0.1) is 0 Å². The summed E-state index contributed by atoms with van der Waals surface area (Å²) in [5.74, 6) is 0.299. The number of rotatable bonds is 2. The molecule has 0 radical (unpaired) electrons. The maximum Gasteiger partial charge on any atom is 0.163 e. The highest BCUT2D eigenvalue weighted by molar-refractivity contribution is 5.98. The zero-order valence-electron chi connectivity index (χ0n) is 9.82. The van der Waals surface area contributed by atoms with E-state index >= 15 is 0 Å². The van der Waals surface area contributed by atoms with Gasteiger partial charge in [0.1, 0.15) is 0 Å². The van der Waals surface area contributed by atoms with Crippen LogP contribution in [0.4, 0.5) is 0 Å². The molecular formula is C13H20N2O. The quantitative estimate of drug-likeness (QED) is 0.703. The molecule has 1 saturated carbocycles. The van der Waals surface area contributed by atoms with E-state index in [1.807, 2.05) is 6.08 Å². The highest BCUT2D eigenvalue weighted by atomic mass is 16.1. The van der Waals surface area contributed by atoms with Crippen molar-refractivity contribution in [2.75, 3.05) is 26.2 Å². The number of allylic oxidation sites excluding steroid dienone is 2. The summed E-state index contributed by atoms with van der Waals surface area (Å²) < 4.78 is 0. The minimum absolute atomic E-state index is 0.299. The van der Waals surface area contributed by atoms with Gasteiger partial charge in [0.2, 0.25) is 0 Å². The van der Waals surface area contributed by atoms with Gasteiger partial charge in [-0.3, -0.25) is 9.69 Å². The number of ketones is 1. The minimum atomic E-state index is 0.299. The molecule has 0 atom stereocenters. The van der Waals surface area contributed by atoms with Gasteiger partial charge in [-0.2, -0.15) is 0 Å². The van der Waals surface area contributed by atoms with Gasteiger partial charge >= 0.3 is 0 Å². The first-order valence-corrected chi connectivity index (χ1v) is 6.55. The molecule has 0 aromatic heterocycles. The Bertz CT molecular complexity index is 310. The number of carbonyl (C=O) groups is 1. The molecule has 0 N–H and O–H groups in total. The lowest BCUT2D eigenvalue weighted by Gasteiger charge is -2.41. The van der Waals surface area contributed by atoms with Crippen LogP contribution >= 0.6 is 0 Å². The van der Waals surface area contributed by atoms with E-state index in [2.05, 4.69) is 9.80 Å². The number of piperazine rings is 1. The van der Waals surface area contributed by atoms with E-state index in [-0.39, 0.29) is 0 Å². The Kier molecular flexibility index (Phi) is 2.72. The molecule has 3 aliphatic rings. The summed E-state index contributed by atoms with van der Waals surface area (Å²) in [6.07, 6.45) is 8.14. The lowest BCUT2D eigenvalue weighted by atomic mass is 10.0. The normalized spacial score (nSPS) is 28.1. The maximum absolute atomic E-state index is 10.9. The van der Waals surface area contributed by atoms with E-state index in [1.54, 1.807) is 0 Å². The van der Waals surface area contributed by atoms with Crippen LogP contribution < -0.4 is 0 Å². The molecule has 0 aromatic carbocycles. The molecule has 0 unspecified atom stereocenters. The van der Waals surface area contributed by atoms with Crippen LogP contribution in [-0.2, 0) is 4.79 Å². The third kappa shape index (κ3) is 1.88. The van der Waals surface area contributed by atoms with Gasteiger partial charge in [-0.05, 0) is 12.8 Å². The predicted octanol–water partition coefficient (Wildman–Crippen LogP) is 1.40. The van der Waals surface area contributed by atoms with Crippen molar-refractivity contribution >= 4 is 5.78 Å². The van der Waals surface area contributed by atoms with Gasteiger partial charge in [-0.25, -0.2) is 0 Å². The van der Waals surface area contributed by atoms with Crippen LogP contribution in [0, 0.1) is 0 Å². The van der Waals surface area contributed by atoms with E-state index in [0.29, 0.717) is 12.2 Å². The number of hydrogen-bond acceptors (Lipinski definition) is 3. The lowest BCUT2D eigenvalue weighted by molar-refractivity contribution is -0.116. The van der Waals surface area contributed by atoms with Gasteiger partial charge in [0.15, 0.2) is 5.78 Å². The summed E-state index contributed by atoms with van der Waals surface area (Å²) in [4.78, 5) is 16.0. The second-order valence-electron chi connectivity index (χ2n) is 5.24. The topological polar surface area (TPSA) is 23.6 Å². The molecule has 0 amide bonds. The molecule has 0 spiro atoms. The molecule has 1 saturated heterocycles. The summed E-state index contributed by atoms with van der Waals surface area (Å²) in [5, 5.41) is 0. The van der Waals surface area contributed by atoms with Crippen molar-refractivity contribution in [1.82, 2.24) is 9.80 Å². The van der Waals surface area contributed by atoms with Crippen molar-refractivity contribution in [1.29, 1.82) is 0 Å². The van der Waals surface area contributed by atoms with E-state index < -0.39 is 0 Å². The molecule has 3 rings (SSSR count). The molecule has 16 heavy (non-hydrogen) atoms. The molecule has 0 aromatic rings. The zero-order valence-corrected chi connectivity index (χ0v) is 9.82. The number of carbonyl (C=O) groups excluding carboxylic acids is 1. The lowest BCUT2D eigenvalue weighted by Crippen LogP contribution is -2.50. The van der Waals surface area contributed by atoms with E-state index in [1.165, 1.54) is 44.5 Å². The SMILES string of the molecule is O=C1C=C(N2CCN(C3CCCC3)CC2)C1. The fourth-order valence-electron chi connectivity index (χ4n) is 3.18. The third-order valence-corrected chi connectivity index (χ3v) is 4.24. The summed E-state index contributed by atoms with van der Waals surface area (Å²) in [7, 11) is 0. The van der Waals surface area contributed by atoms with E-state index in [0.717, 1.165) is 19.1 Å². The Balaban J connectivity index is 1.52. The fraction of sp³-hybridized carbons (Fsp3) is 0.769. The molecule has 1 heterocycles. The van der Waals surface area contributed by atoms with Gasteiger partial charge in [-0.1, -0.05) is 12.8 Å². The van der Waals surface area contributed by atoms with Crippen molar-refractivity contribution in [3.8, 4) is 0 Å². The first kappa shape index (κ1) is 10.3. The third-order valence-electron chi connectivity index (χ3n) is 4.24. The largest absolute Gasteiger partial charge is 0.372 e. The standard InChI is InChI=1S/C13H20N2O/c16-13-9-12(10-13)15-7-5-14(6-8-15)11-3-1-2-4-11/h9,11H,1-8,10H2. The molecular weight excluding hydrogens is 200 g/mol. The fourth-order valence-corrected chi connectivity index (χ4v) is 3.18. The predicted molar refractivity (Wildman–Crippen MR) is 63.1 cm³/mol. The second-order valence-corrected chi connectivity index (χ2v) is 5.24.